The topological polar surface area (TPSA) is 54.0 Å². The van der Waals surface area contributed by atoms with Crippen LogP contribution in [0.3, 0.4) is 0 Å². The first-order chi connectivity index (χ1) is 13.2. The molecule has 6 heteroatoms. The van der Waals surface area contributed by atoms with Crippen LogP contribution in [0.5, 0.6) is 11.5 Å². The van der Waals surface area contributed by atoms with Gasteiger partial charge in [0.05, 0.1) is 14.2 Å². The highest BCUT2D eigenvalue weighted by Crippen LogP contribution is 2.20. The molecule has 1 fully saturated rings. The molecule has 2 aromatic carbocycles. The van der Waals surface area contributed by atoms with Crippen molar-refractivity contribution in [3.63, 3.8) is 0 Å². The van der Waals surface area contributed by atoms with Crippen molar-refractivity contribution in [1.29, 1.82) is 0 Å². The third-order valence-electron chi connectivity index (χ3n) is 4.87. The van der Waals surface area contributed by atoms with Crippen molar-refractivity contribution < 1.29 is 14.3 Å². The molecular weight excluding hydrogens is 342 g/mol. The highest BCUT2D eigenvalue weighted by Gasteiger charge is 2.21. The van der Waals surface area contributed by atoms with E-state index in [9.17, 15) is 4.79 Å². The normalized spacial score (nSPS) is 14.7. The van der Waals surface area contributed by atoms with Crippen LogP contribution in [0, 0.1) is 0 Å². The van der Waals surface area contributed by atoms with Crippen molar-refractivity contribution >= 4 is 6.03 Å². The Morgan fingerprint density at radius 2 is 1.44 bits per heavy atom. The van der Waals surface area contributed by atoms with Gasteiger partial charge in [-0.05, 0) is 12.1 Å². The number of methoxy groups -OCH3 is 2. The van der Waals surface area contributed by atoms with E-state index in [1.165, 1.54) is 5.56 Å². The van der Waals surface area contributed by atoms with Crippen LogP contribution in [-0.4, -0.2) is 56.2 Å². The fraction of sp³-hybridized carbons (Fsp3) is 0.381. The number of nitrogens with zero attached hydrogens (tertiary/aromatic N) is 2. The van der Waals surface area contributed by atoms with Gasteiger partial charge in [0.2, 0.25) is 0 Å². The third-order valence-corrected chi connectivity index (χ3v) is 4.87. The summed E-state index contributed by atoms with van der Waals surface area (Å²) in [5.41, 5.74) is 2.15. The Labute approximate surface area is 160 Å². The minimum atomic E-state index is -0.0298. The van der Waals surface area contributed by atoms with Crippen LogP contribution in [0.25, 0.3) is 0 Å². The van der Waals surface area contributed by atoms with Gasteiger partial charge >= 0.3 is 6.03 Å². The smallest absolute Gasteiger partial charge is 0.317 e. The minimum Gasteiger partial charge on any atom is -0.496 e. The molecule has 144 valence electrons. The van der Waals surface area contributed by atoms with E-state index in [0.29, 0.717) is 19.6 Å². The van der Waals surface area contributed by atoms with Gasteiger partial charge in [-0.25, -0.2) is 4.79 Å². The second-order valence-electron chi connectivity index (χ2n) is 6.55. The standard InChI is InChI=1S/C21H27N3O3/c1-26-19-9-5-3-7-17(19)15-22-21(25)24-13-11-23(12-14-24)16-18-8-4-6-10-20(18)27-2/h3-10H,11-16H2,1-2H3,(H,22,25). The lowest BCUT2D eigenvalue weighted by atomic mass is 10.1. The Bertz CT molecular complexity index is 758. The zero-order valence-corrected chi connectivity index (χ0v) is 16.0. The number of amides is 2. The fourth-order valence-corrected chi connectivity index (χ4v) is 3.32. The van der Waals surface area contributed by atoms with Crippen molar-refractivity contribution in [3.05, 3.63) is 59.7 Å². The Hall–Kier alpha value is -2.73. The SMILES string of the molecule is COc1ccccc1CNC(=O)N1CCN(Cc2ccccc2OC)CC1. The van der Waals surface area contributed by atoms with Gasteiger partial charge in [0.15, 0.2) is 0 Å². The molecule has 6 nitrogen and oxygen atoms in total. The molecule has 0 spiro atoms. The molecule has 0 unspecified atom stereocenters. The number of urea groups is 1. The molecule has 0 atom stereocenters. The van der Waals surface area contributed by atoms with E-state index in [1.54, 1.807) is 14.2 Å². The average molecular weight is 369 g/mol. The van der Waals surface area contributed by atoms with E-state index in [2.05, 4.69) is 16.3 Å². The first kappa shape index (κ1) is 19.0. The number of nitrogens with one attached hydrogen (secondary N) is 1. The summed E-state index contributed by atoms with van der Waals surface area (Å²) in [4.78, 5) is 16.7. The summed E-state index contributed by atoms with van der Waals surface area (Å²) in [6.07, 6.45) is 0. The summed E-state index contributed by atoms with van der Waals surface area (Å²) >= 11 is 0. The van der Waals surface area contributed by atoms with E-state index in [1.807, 2.05) is 47.4 Å². The molecule has 1 saturated heterocycles. The number of carbonyl (C=O) groups is 1. The van der Waals surface area contributed by atoms with Crippen molar-refractivity contribution in [3.8, 4) is 11.5 Å². The molecule has 0 radical (unpaired) electrons. The average Bonchev–Trinajstić information content (AvgIpc) is 2.73. The van der Waals surface area contributed by atoms with Crippen LogP contribution >= 0.6 is 0 Å². The molecular formula is C21H27N3O3. The van der Waals surface area contributed by atoms with Crippen molar-refractivity contribution in [1.82, 2.24) is 15.1 Å². The van der Waals surface area contributed by atoms with E-state index in [-0.39, 0.29) is 6.03 Å². The molecule has 2 aromatic rings. The predicted octanol–water partition coefficient (Wildman–Crippen LogP) is 2.73. The summed E-state index contributed by atoms with van der Waals surface area (Å²) in [6.45, 7) is 4.42. The van der Waals surface area contributed by atoms with Gasteiger partial charge in [-0.15, -0.1) is 0 Å². The van der Waals surface area contributed by atoms with E-state index < -0.39 is 0 Å². The molecule has 0 saturated carbocycles. The van der Waals surface area contributed by atoms with Gasteiger partial charge in [0.25, 0.3) is 0 Å². The number of hydrogen-bond acceptors (Lipinski definition) is 4. The number of para-hydroxylation sites is 2. The number of piperazine rings is 1. The van der Waals surface area contributed by atoms with E-state index >= 15 is 0 Å². The summed E-state index contributed by atoms with van der Waals surface area (Å²) in [7, 11) is 3.34. The Balaban J connectivity index is 1.48. The molecule has 0 bridgehead atoms. The summed E-state index contributed by atoms with van der Waals surface area (Å²) in [5, 5.41) is 2.99. The number of carbonyl (C=O) groups excluding carboxylic acids is 1. The maximum Gasteiger partial charge on any atom is 0.317 e. The lowest BCUT2D eigenvalue weighted by Crippen LogP contribution is -2.51. The van der Waals surface area contributed by atoms with Crippen molar-refractivity contribution in [2.45, 2.75) is 13.1 Å². The zero-order valence-electron chi connectivity index (χ0n) is 16.0. The fourth-order valence-electron chi connectivity index (χ4n) is 3.32. The molecule has 27 heavy (non-hydrogen) atoms. The Morgan fingerprint density at radius 3 is 2.07 bits per heavy atom. The molecule has 3 rings (SSSR count). The number of benzene rings is 2. The second-order valence-corrected chi connectivity index (χ2v) is 6.55. The van der Waals surface area contributed by atoms with Gasteiger partial charge < -0.3 is 19.7 Å². The minimum absolute atomic E-state index is 0.0298. The van der Waals surface area contributed by atoms with Crippen LogP contribution in [-0.2, 0) is 13.1 Å². The molecule has 1 heterocycles. The number of hydrogen-bond donors (Lipinski definition) is 1. The van der Waals surface area contributed by atoms with Crippen LogP contribution in [0.2, 0.25) is 0 Å². The van der Waals surface area contributed by atoms with Crippen LogP contribution in [0.15, 0.2) is 48.5 Å². The van der Waals surface area contributed by atoms with Crippen LogP contribution in [0.1, 0.15) is 11.1 Å². The summed E-state index contributed by atoms with van der Waals surface area (Å²) < 4.78 is 10.8. The van der Waals surface area contributed by atoms with Crippen LogP contribution < -0.4 is 14.8 Å². The highest BCUT2D eigenvalue weighted by atomic mass is 16.5. The van der Waals surface area contributed by atoms with Crippen molar-refractivity contribution in [2.75, 3.05) is 40.4 Å². The lowest BCUT2D eigenvalue weighted by Gasteiger charge is -2.35. The first-order valence-electron chi connectivity index (χ1n) is 9.20. The summed E-state index contributed by atoms with van der Waals surface area (Å²) in [5.74, 6) is 1.70. The molecule has 1 N–H and O–H groups in total. The Kier molecular flexibility index (Phi) is 6.54. The highest BCUT2D eigenvalue weighted by molar-refractivity contribution is 5.74. The molecule has 1 aliphatic heterocycles. The van der Waals surface area contributed by atoms with Gasteiger partial charge in [-0.2, -0.15) is 0 Å². The largest absolute Gasteiger partial charge is 0.496 e. The van der Waals surface area contributed by atoms with Crippen LogP contribution in [0.4, 0.5) is 4.79 Å². The quantitative estimate of drug-likeness (QED) is 0.851. The monoisotopic (exact) mass is 369 g/mol. The second kappa shape index (κ2) is 9.28. The molecule has 1 aliphatic rings. The van der Waals surface area contributed by atoms with Gasteiger partial charge in [-0.3, -0.25) is 4.90 Å². The van der Waals surface area contributed by atoms with Crippen molar-refractivity contribution in [2.24, 2.45) is 0 Å². The maximum absolute atomic E-state index is 12.5. The van der Waals surface area contributed by atoms with E-state index in [4.69, 9.17) is 9.47 Å². The number of ether oxygens (including phenoxy) is 2. The van der Waals surface area contributed by atoms with Gasteiger partial charge in [0.1, 0.15) is 11.5 Å². The lowest BCUT2D eigenvalue weighted by molar-refractivity contribution is 0.134. The molecule has 0 aliphatic carbocycles. The predicted molar refractivity (Wildman–Crippen MR) is 105 cm³/mol. The van der Waals surface area contributed by atoms with Gasteiger partial charge in [0, 0.05) is 50.4 Å². The van der Waals surface area contributed by atoms with E-state index in [0.717, 1.165) is 36.7 Å². The zero-order chi connectivity index (χ0) is 19.1. The first-order valence-corrected chi connectivity index (χ1v) is 9.20. The third kappa shape index (κ3) is 4.92. The Morgan fingerprint density at radius 1 is 0.889 bits per heavy atom. The van der Waals surface area contributed by atoms with Gasteiger partial charge in [-0.1, -0.05) is 36.4 Å². The summed E-state index contributed by atoms with van der Waals surface area (Å²) in [6, 6.07) is 15.8. The molecule has 2 amide bonds. The number of rotatable bonds is 6. The molecule has 0 aromatic heterocycles. The maximum atomic E-state index is 12.5.